The van der Waals surface area contributed by atoms with Crippen molar-refractivity contribution in [2.45, 2.75) is 6.42 Å². The summed E-state index contributed by atoms with van der Waals surface area (Å²) in [5, 5.41) is 2.70. The molecule has 0 atom stereocenters. The van der Waals surface area contributed by atoms with Crippen LogP contribution < -0.4 is 10.1 Å². The van der Waals surface area contributed by atoms with Crippen LogP contribution in [0, 0.1) is 0 Å². The fourth-order valence-corrected chi connectivity index (χ4v) is 2.83. The average Bonchev–Trinajstić information content (AvgIpc) is 2.86. The quantitative estimate of drug-likeness (QED) is 0.826. The Morgan fingerprint density at radius 2 is 1.92 bits per heavy atom. The van der Waals surface area contributed by atoms with E-state index >= 15 is 0 Å². The number of methoxy groups -OCH3 is 1. The molecule has 0 bridgehead atoms. The number of amides is 3. The first kappa shape index (κ1) is 16.1. The minimum Gasteiger partial charge on any atom is -0.482 e. The lowest BCUT2D eigenvalue weighted by Crippen LogP contribution is -2.37. The summed E-state index contributed by atoms with van der Waals surface area (Å²) in [6.45, 7) is 1.98. The minimum atomic E-state index is -0.377. The molecule has 0 aliphatic carbocycles. The third-order valence-corrected chi connectivity index (χ3v) is 4.08. The molecule has 2 heterocycles. The molecule has 0 saturated carbocycles. The highest BCUT2D eigenvalue weighted by molar-refractivity contribution is 5.99. The number of fused-ring (bicyclic) bond motifs is 1. The van der Waals surface area contributed by atoms with Crippen molar-refractivity contribution in [3.8, 4) is 5.75 Å². The molecule has 1 N–H and O–H groups in total. The number of carbonyl (C=O) groups excluding carboxylic acids is 3. The van der Waals surface area contributed by atoms with E-state index in [1.54, 1.807) is 28.0 Å². The van der Waals surface area contributed by atoms with Gasteiger partial charge in [-0.3, -0.25) is 9.59 Å². The van der Waals surface area contributed by atoms with Crippen LogP contribution in [0.3, 0.4) is 0 Å². The van der Waals surface area contributed by atoms with E-state index in [0.29, 0.717) is 49.6 Å². The van der Waals surface area contributed by atoms with Crippen molar-refractivity contribution in [3.63, 3.8) is 0 Å². The molecule has 8 nitrogen and oxygen atoms in total. The van der Waals surface area contributed by atoms with E-state index in [1.165, 1.54) is 7.11 Å². The third kappa shape index (κ3) is 3.27. The number of nitrogens with zero attached hydrogens (tertiary/aromatic N) is 2. The molecular formula is C16H19N3O5. The Bertz CT molecular complexity index is 676. The number of benzene rings is 1. The van der Waals surface area contributed by atoms with E-state index < -0.39 is 0 Å². The van der Waals surface area contributed by atoms with Crippen molar-refractivity contribution in [3.05, 3.63) is 23.8 Å². The summed E-state index contributed by atoms with van der Waals surface area (Å²) in [6, 6.07) is 4.99. The maximum atomic E-state index is 12.7. The van der Waals surface area contributed by atoms with Crippen LogP contribution in [-0.4, -0.2) is 67.6 Å². The fraction of sp³-hybridized carbons (Fsp3) is 0.438. The number of hydrogen-bond acceptors (Lipinski definition) is 5. The Labute approximate surface area is 139 Å². The van der Waals surface area contributed by atoms with Gasteiger partial charge in [0.15, 0.2) is 6.61 Å². The highest BCUT2D eigenvalue weighted by Gasteiger charge is 2.24. The normalized spacial score (nSPS) is 17.3. The molecule has 2 aliphatic heterocycles. The highest BCUT2D eigenvalue weighted by Crippen LogP contribution is 2.29. The van der Waals surface area contributed by atoms with Gasteiger partial charge < -0.3 is 24.6 Å². The number of carbonyl (C=O) groups is 3. The van der Waals surface area contributed by atoms with Gasteiger partial charge in [-0.15, -0.1) is 0 Å². The van der Waals surface area contributed by atoms with Crippen molar-refractivity contribution in [2.75, 3.05) is 45.2 Å². The summed E-state index contributed by atoms with van der Waals surface area (Å²) in [5.74, 6) is 0.179. The molecule has 0 radical (unpaired) electrons. The Balaban J connectivity index is 1.71. The second kappa shape index (κ2) is 6.77. The van der Waals surface area contributed by atoms with Gasteiger partial charge in [0.1, 0.15) is 5.75 Å². The van der Waals surface area contributed by atoms with E-state index in [1.807, 2.05) is 0 Å². The van der Waals surface area contributed by atoms with Crippen LogP contribution in [0.5, 0.6) is 5.75 Å². The van der Waals surface area contributed by atoms with E-state index in [0.717, 1.165) is 0 Å². The van der Waals surface area contributed by atoms with Crippen molar-refractivity contribution in [1.29, 1.82) is 0 Å². The van der Waals surface area contributed by atoms with Crippen LogP contribution in [0.4, 0.5) is 10.5 Å². The van der Waals surface area contributed by atoms with Gasteiger partial charge in [0.05, 0.1) is 12.8 Å². The first-order valence-electron chi connectivity index (χ1n) is 7.77. The number of hydrogen-bond donors (Lipinski definition) is 1. The maximum absolute atomic E-state index is 12.7. The van der Waals surface area contributed by atoms with Crippen molar-refractivity contribution in [2.24, 2.45) is 0 Å². The predicted molar refractivity (Wildman–Crippen MR) is 85.1 cm³/mol. The van der Waals surface area contributed by atoms with Crippen molar-refractivity contribution >= 4 is 23.6 Å². The predicted octanol–water partition coefficient (Wildman–Crippen LogP) is 0.932. The van der Waals surface area contributed by atoms with Crippen LogP contribution in [0.15, 0.2) is 18.2 Å². The highest BCUT2D eigenvalue weighted by atomic mass is 16.5. The van der Waals surface area contributed by atoms with Crippen LogP contribution in [-0.2, 0) is 9.53 Å². The van der Waals surface area contributed by atoms with Crippen LogP contribution in [0.1, 0.15) is 16.8 Å². The Morgan fingerprint density at radius 3 is 2.71 bits per heavy atom. The molecule has 128 valence electrons. The number of anilines is 1. The summed E-state index contributed by atoms with van der Waals surface area (Å²) in [5.41, 5.74) is 0.981. The lowest BCUT2D eigenvalue weighted by Gasteiger charge is -2.23. The van der Waals surface area contributed by atoms with Crippen LogP contribution in [0.25, 0.3) is 0 Å². The number of rotatable bonds is 1. The zero-order chi connectivity index (χ0) is 17.1. The summed E-state index contributed by atoms with van der Waals surface area (Å²) < 4.78 is 10.0. The Kier molecular flexibility index (Phi) is 4.54. The summed E-state index contributed by atoms with van der Waals surface area (Å²) in [7, 11) is 1.35. The molecule has 1 aromatic rings. The van der Waals surface area contributed by atoms with E-state index in [4.69, 9.17) is 9.47 Å². The number of nitrogens with one attached hydrogen (secondary N) is 1. The molecule has 8 heteroatoms. The monoisotopic (exact) mass is 333 g/mol. The summed E-state index contributed by atoms with van der Waals surface area (Å²) in [4.78, 5) is 39.0. The average molecular weight is 333 g/mol. The van der Waals surface area contributed by atoms with E-state index in [2.05, 4.69) is 5.32 Å². The van der Waals surface area contributed by atoms with Gasteiger partial charge in [0, 0.05) is 31.7 Å². The zero-order valence-electron chi connectivity index (χ0n) is 13.4. The second-order valence-corrected chi connectivity index (χ2v) is 5.65. The van der Waals surface area contributed by atoms with Crippen LogP contribution >= 0.6 is 0 Å². The molecule has 3 amide bonds. The molecule has 1 aromatic carbocycles. The topological polar surface area (TPSA) is 88.2 Å². The maximum Gasteiger partial charge on any atom is 0.409 e. The van der Waals surface area contributed by atoms with Gasteiger partial charge in [0.2, 0.25) is 0 Å². The van der Waals surface area contributed by atoms with Gasteiger partial charge >= 0.3 is 6.09 Å². The molecule has 0 unspecified atom stereocenters. The third-order valence-electron chi connectivity index (χ3n) is 4.08. The molecule has 2 aliphatic rings. The second-order valence-electron chi connectivity index (χ2n) is 5.65. The molecule has 0 aromatic heterocycles. The minimum absolute atomic E-state index is 0.0181. The zero-order valence-corrected chi connectivity index (χ0v) is 13.4. The van der Waals surface area contributed by atoms with Gasteiger partial charge in [-0.1, -0.05) is 0 Å². The van der Waals surface area contributed by atoms with Crippen molar-refractivity contribution < 1.29 is 23.9 Å². The molecule has 3 rings (SSSR count). The lowest BCUT2D eigenvalue weighted by molar-refractivity contribution is -0.118. The molecule has 0 spiro atoms. The Hall–Kier alpha value is -2.77. The molecule has 1 saturated heterocycles. The molecule has 1 fully saturated rings. The van der Waals surface area contributed by atoms with Crippen LogP contribution in [0.2, 0.25) is 0 Å². The fourth-order valence-electron chi connectivity index (χ4n) is 2.83. The lowest BCUT2D eigenvalue weighted by atomic mass is 10.1. The first-order valence-corrected chi connectivity index (χ1v) is 7.77. The van der Waals surface area contributed by atoms with Gasteiger partial charge in [-0.2, -0.15) is 0 Å². The smallest absolute Gasteiger partial charge is 0.409 e. The van der Waals surface area contributed by atoms with Gasteiger partial charge in [-0.25, -0.2) is 4.79 Å². The standard InChI is InChI=1S/C16H19N3O5/c1-23-16(22)19-6-2-5-18(7-8-19)15(21)11-3-4-13-12(9-11)17-14(20)10-24-13/h3-4,9H,2,5-8,10H2,1H3,(H,17,20). The molecular weight excluding hydrogens is 314 g/mol. The van der Waals surface area contributed by atoms with Gasteiger partial charge in [0.25, 0.3) is 11.8 Å². The first-order chi connectivity index (χ1) is 11.6. The van der Waals surface area contributed by atoms with Crippen molar-refractivity contribution in [1.82, 2.24) is 9.80 Å². The van der Waals surface area contributed by atoms with Gasteiger partial charge in [-0.05, 0) is 24.6 Å². The summed E-state index contributed by atoms with van der Waals surface area (Å²) in [6.07, 6.45) is 0.309. The Morgan fingerprint density at radius 1 is 1.17 bits per heavy atom. The number of ether oxygens (including phenoxy) is 2. The SMILES string of the molecule is COC(=O)N1CCCN(C(=O)c2ccc3c(c2)NC(=O)CO3)CC1. The van der Waals surface area contributed by atoms with E-state index in [-0.39, 0.29) is 24.5 Å². The van der Waals surface area contributed by atoms with E-state index in [9.17, 15) is 14.4 Å². The molecule has 24 heavy (non-hydrogen) atoms. The largest absolute Gasteiger partial charge is 0.482 e. The summed E-state index contributed by atoms with van der Waals surface area (Å²) >= 11 is 0.